The molecular weight excluding hydrogens is 274 g/mol. The molecule has 0 spiro atoms. The molecule has 1 amide bonds. The first-order valence-electron chi connectivity index (χ1n) is 6.52. The lowest BCUT2D eigenvalue weighted by Crippen LogP contribution is -2.25. The van der Waals surface area contributed by atoms with E-state index in [1.54, 1.807) is 11.6 Å². The molecule has 2 aromatic heterocycles. The van der Waals surface area contributed by atoms with Gasteiger partial charge >= 0.3 is 0 Å². The van der Waals surface area contributed by atoms with Crippen LogP contribution >= 0.6 is 11.3 Å². The summed E-state index contributed by atoms with van der Waals surface area (Å²) in [5, 5.41) is 5.31. The molecule has 0 aliphatic heterocycles. The maximum absolute atomic E-state index is 12.0. The normalized spacial score (nSPS) is 11.0. The Balaban J connectivity index is 1.95. The van der Waals surface area contributed by atoms with E-state index in [0.29, 0.717) is 24.7 Å². The molecule has 2 aromatic rings. The molecule has 0 aromatic carbocycles. The zero-order valence-electron chi connectivity index (χ0n) is 11.7. The Hall–Kier alpha value is -1.73. The second-order valence-electron chi connectivity index (χ2n) is 4.90. The SMILES string of the molecule is CC(C)Cn1ccnc1CNC(=O)c1csc(CN)n1. The van der Waals surface area contributed by atoms with E-state index >= 15 is 0 Å². The molecule has 6 nitrogen and oxygen atoms in total. The number of nitrogens with zero attached hydrogens (tertiary/aromatic N) is 3. The number of aromatic nitrogens is 3. The summed E-state index contributed by atoms with van der Waals surface area (Å²) in [5.41, 5.74) is 5.90. The molecule has 108 valence electrons. The van der Waals surface area contributed by atoms with Crippen molar-refractivity contribution in [1.29, 1.82) is 0 Å². The van der Waals surface area contributed by atoms with Gasteiger partial charge in [-0.15, -0.1) is 11.3 Å². The Bertz CT molecular complexity index is 575. The molecule has 0 aliphatic rings. The fourth-order valence-electron chi connectivity index (χ4n) is 1.83. The van der Waals surface area contributed by atoms with Gasteiger partial charge in [-0.1, -0.05) is 13.8 Å². The Morgan fingerprint density at radius 3 is 3.00 bits per heavy atom. The van der Waals surface area contributed by atoms with Crippen LogP contribution in [0.15, 0.2) is 17.8 Å². The van der Waals surface area contributed by atoms with Gasteiger partial charge in [-0.25, -0.2) is 9.97 Å². The predicted octanol–water partition coefficient (Wildman–Crippen LogP) is 1.38. The largest absolute Gasteiger partial charge is 0.343 e. The average molecular weight is 293 g/mol. The smallest absolute Gasteiger partial charge is 0.271 e. The van der Waals surface area contributed by atoms with E-state index in [2.05, 4.69) is 33.7 Å². The number of rotatable bonds is 6. The summed E-state index contributed by atoms with van der Waals surface area (Å²) < 4.78 is 2.05. The Morgan fingerprint density at radius 1 is 1.55 bits per heavy atom. The first-order chi connectivity index (χ1) is 9.60. The van der Waals surface area contributed by atoms with E-state index in [1.165, 1.54) is 11.3 Å². The molecule has 2 rings (SSSR count). The fourth-order valence-corrected chi connectivity index (χ4v) is 2.48. The highest BCUT2D eigenvalue weighted by atomic mass is 32.1. The van der Waals surface area contributed by atoms with Crippen molar-refractivity contribution in [2.75, 3.05) is 0 Å². The molecule has 0 atom stereocenters. The van der Waals surface area contributed by atoms with Gasteiger partial charge in [-0.2, -0.15) is 0 Å². The van der Waals surface area contributed by atoms with Crippen molar-refractivity contribution in [3.8, 4) is 0 Å². The van der Waals surface area contributed by atoms with E-state index in [4.69, 9.17) is 5.73 Å². The molecule has 0 fully saturated rings. The molecular formula is C13H19N5OS. The summed E-state index contributed by atoms with van der Waals surface area (Å²) in [5.74, 6) is 1.19. The van der Waals surface area contributed by atoms with Gasteiger partial charge < -0.3 is 15.6 Å². The van der Waals surface area contributed by atoms with E-state index in [9.17, 15) is 4.79 Å². The van der Waals surface area contributed by atoms with Crippen LogP contribution in [0, 0.1) is 5.92 Å². The summed E-state index contributed by atoms with van der Waals surface area (Å²) in [7, 11) is 0. The Labute approximate surface area is 122 Å². The van der Waals surface area contributed by atoms with Crippen molar-refractivity contribution in [2.24, 2.45) is 11.7 Å². The highest BCUT2D eigenvalue weighted by Crippen LogP contribution is 2.09. The third-order valence-electron chi connectivity index (χ3n) is 2.73. The van der Waals surface area contributed by atoms with Gasteiger partial charge in [0.15, 0.2) is 0 Å². The van der Waals surface area contributed by atoms with Crippen LogP contribution in [0.1, 0.15) is 35.2 Å². The van der Waals surface area contributed by atoms with Gasteiger partial charge in [0.05, 0.1) is 6.54 Å². The number of nitrogens with one attached hydrogen (secondary N) is 1. The van der Waals surface area contributed by atoms with E-state index in [0.717, 1.165) is 17.4 Å². The number of carbonyl (C=O) groups is 1. The topological polar surface area (TPSA) is 85.8 Å². The van der Waals surface area contributed by atoms with E-state index in [-0.39, 0.29) is 5.91 Å². The average Bonchev–Trinajstić information content (AvgIpc) is 3.04. The van der Waals surface area contributed by atoms with Crippen molar-refractivity contribution in [3.05, 3.63) is 34.3 Å². The third kappa shape index (κ3) is 3.64. The minimum absolute atomic E-state index is 0.194. The van der Waals surface area contributed by atoms with Crippen molar-refractivity contribution in [3.63, 3.8) is 0 Å². The van der Waals surface area contributed by atoms with Gasteiger partial charge in [-0.3, -0.25) is 4.79 Å². The lowest BCUT2D eigenvalue weighted by Gasteiger charge is -2.10. The van der Waals surface area contributed by atoms with Crippen LogP contribution in [-0.2, 0) is 19.6 Å². The third-order valence-corrected chi connectivity index (χ3v) is 3.60. The highest BCUT2D eigenvalue weighted by Gasteiger charge is 2.11. The van der Waals surface area contributed by atoms with Crippen LogP contribution < -0.4 is 11.1 Å². The number of hydrogen-bond acceptors (Lipinski definition) is 5. The Morgan fingerprint density at radius 2 is 2.35 bits per heavy atom. The molecule has 0 bridgehead atoms. The summed E-state index contributed by atoms with van der Waals surface area (Å²) in [6.45, 7) is 5.93. The second kappa shape index (κ2) is 6.62. The van der Waals surface area contributed by atoms with Crippen LogP contribution in [0.25, 0.3) is 0 Å². The predicted molar refractivity (Wildman–Crippen MR) is 78.2 cm³/mol. The second-order valence-corrected chi connectivity index (χ2v) is 5.85. The van der Waals surface area contributed by atoms with Gasteiger partial charge in [0.1, 0.15) is 16.5 Å². The number of amides is 1. The van der Waals surface area contributed by atoms with Crippen molar-refractivity contribution in [1.82, 2.24) is 19.9 Å². The molecule has 7 heteroatoms. The maximum Gasteiger partial charge on any atom is 0.271 e. The Kier molecular flexibility index (Phi) is 4.86. The standard InChI is InChI=1S/C13H19N5OS/c1-9(2)7-18-4-3-15-11(18)6-16-13(19)10-8-20-12(5-14)17-10/h3-4,8-9H,5-7,14H2,1-2H3,(H,16,19). The summed E-state index contributed by atoms with van der Waals surface area (Å²) >= 11 is 1.39. The number of carbonyl (C=O) groups excluding carboxylic acids is 1. The highest BCUT2D eigenvalue weighted by molar-refractivity contribution is 7.09. The molecule has 0 unspecified atom stereocenters. The van der Waals surface area contributed by atoms with Gasteiger partial charge in [0.25, 0.3) is 5.91 Å². The maximum atomic E-state index is 12.0. The number of hydrogen-bond donors (Lipinski definition) is 2. The summed E-state index contributed by atoms with van der Waals surface area (Å²) in [6, 6.07) is 0. The number of nitrogens with two attached hydrogens (primary N) is 1. The van der Waals surface area contributed by atoms with Crippen LogP contribution in [0.4, 0.5) is 0 Å². The van der Waals surface area contributed by atoms with E-state index in [1.807, 2.05) is 6.20 Å². The van der Waals surface area contributed by atoms with E-state index < -0.39 is 0 Å². The zero-order valence-corrected chi connectivity index (χ0v) is 12.5. The molecule has 20 heavy (non-hydrogen) atoms. The minimum atomic E-state index is -0.194. The molecule has 3 N–H and O–H groups in total. The van der Waals surface area contributed by atoms with Gasteiger partial charge in [-0.05, 0) is 5.92 Å². The molecule has 0 radical (unpaired) electrons. The first kappa shape index (κ1) is 14.7. The van der Waals surface area contributed by atoms with Crippen molar-refractivity contribution in [2.45, 2.75) is 33.5 Å². The van der Waals surface area contributed by atoms with Crippen LogP contribution in [0.5, 0.6) is 0 Å². The van der Waals surface area contributed by atoms with Gasteiger partial charge in [0, 0.05) is 30.9 Å². The van der Waals surface area contributed by atoms with Crippen molar-refractivity contribution >= 4 is 17.2 Å². The zero-order chi connectivity index (χ0) is 14.5. The first-order valence-corrected chi connectivity index (χ1v) is 7.40. The van der Waals surface area contributed by atoms with Crippen LogP contribution in [0.2, 0.25) is 0 Å². The number of thiazole rings is 1. The van der Waals surface area contributed by atoms with Crippen LogP contribution in [-0.4, -0.2) is 20.4 Å². The molecule has 0 aliphatic carbocycles. The molecule has 0 saturated carbocycles. The molecule has 2 heterocycles. The number of imidazole rings is 1. The monoisotopic (exact) mass is 293 g/mol. The summed E-state index contributed by atoms with van der Waals surface area (Å²) in [6.07, 6.45) is 3.68. The minimum Gasteiger partial charge on any atom is -0.343 e. The van der Waals surface area contributed by atoms with Crippen molar-refractivity contribution < 1.29 is 4.79 Å². The summed E-state index contributed by atoms with van der Waals surface area (Å²) in [4.78, 5) is 20.4. The molecule has 0 saturated heterocycles. The fraction of sp³-hybridized carbons (Fsp3) is 0.462. The van der Waals surface area contributed by atoms with Gasteiger partial charge in [0.2, 0.25) is 0 Å². The van der Waals surface area contributed by atoms with Crippen LogP contribution in [0.3, 0.4) is 0 Å². The lowest BCUT2D eigenvalue weighted by molar-refractivity contribution is 0.0945. The lowest BCUT2D eigenvalue weighted by atomic mass is 10.2. The quantitative estimate of drug-likeness (QED) is 0.842.